The maximum absolute atomic E-state index is 5.73. The molecule has 0 heterocycles. The van der Waals surface area contributed by atoms with Crippen molar-refractivity contribution in [1.82, 2.24) is 15.5 Å². The molecule has 1 rings (SSSR count). The minimum atomic E-state index is 0.378. The summed E-state index contributed by atoms with van der Waals surface area (Å²) in [6.07, 6.45) is 3.28. The Balaban J connectivity index is 2.64. The summed E-state index contributed by atoms with van der Waals surface area (Å²) in [5.74, 6) is 2.40. The van der Waals surface area contributed by atoms with Crippen LogP contribution in [0.4, 0.5) is 0 Å². The fourth-order valence-electron chi connectivity index (χ4n) is 3.10. The normalized spacial score (nSPS) is 12.7. The lowest BCUT2D eigenvalue weighted by atomic mass is 10.2. The molecule has 1 aromatic rings. The van der Waals surface area contributed by atoms with E-state index in [0.717, 1.165) is 62.0 Å². The smallest absolute Gasteiger partial charge is 0.191 e. The quantitative estimate of drug-likeness (QED) is 0.361. The molecule has 0 saturated carbocycles. The number of rotatable bonds is 14. The molecule has 166 valence electrons. The zero-order chi connectivity index (χ0) is 21.5. The van der Waals surface area contributed by atoms with Crippen molar-refractivity contribution in [3.05, 3.63) is 23.8 Å². The minimum Gasteiger partial charge on any atom is -0.493 e. The van der Waals surface area contributed by atoms with Crippen LogP contribution < -0.4 is 20.1 Å². The molecule has 1 unspecified atom stereocenters. The Bertz CT molecular complexity index is 588. The summed E-state index contributed by atoms with van der Waals surface area (Å²) < 4.78 is 11.2. The second kappa shape index (κ2) is 15.0. The molecule has 6 heteroatoms. The molecule has 0 aromatic heterocycles. The summed E-state index contributed by atoms with van der Waals surface area (Å²) in [6.45, 7) is 16.3. The van der Waals surface area contributed by atoms with Gasteiger partial charge in [0.25, 0.3) is 0 Å². The van der Waals surface area contributed by atoms with Gasteiger partial charge in [-0.15, -0.1) is 0 Å². The molecule has 0 fully saturated rings. The van der Waals surface area contributed by atoms with E-state index in [-0.39, 0.29) is 0 Å². The van der Waals surface area contributed by atoms with Crippen molar-refractivity contribution in [2.24, 2.45) is 4.99 Å². The minimum absolute atomic E-state index is 0.378. The Morgan fingerprint density at radius 2 is 1.90 bits per heavy atom. The Morgan fingerprint density at radius 1 is 1.14 bits per heavy atom. The van der Waals surface area contributed by atoms with Crippen LogP contribution in [0.2, 0.25) is 0 Å². The molecule has 29 heavy (non-hydrogen) atoms. The average molecular weight is 407 g/mol. The van der Waals surface area contributed by atoms with Gasteiger partial charge in [-0.1, -0.05) is 26.8 Å². The van der Waals surface area contributed by atoms with Crippen LogP contribution in [0.15, 0.2) is 23.2 Å². The molecule has 0 amide bonds. The standard InChI is InChI=1S/C23H42N4O2/c1-7-16-29-21-14-13-20(17-22(21)28-6)18-25-23(24-8-2)26-19(5)12-11-15-27(9-3)10-4/h13-14,17,19H,7-12,15-16,18H2,1-6H3,(H2,24,25,26). The number of aliphatic imine (C=N–C) groups is 1. The van der Waals surface area contributed by atoms with Crippen molar-refractivity contribution < 1.29 is 9.47 Å². The monoisotopic (exact) mass is 406 g/mol. The highest BCUT2D eigenvalue weighted by Crippen LogP contribution is 2.28. The van der Waals surface area contributed by atoms with Crippen molar-refractivity contribution in [2.75, 3.05) is 39.9 Å². The lowest BCUT2D eigenvalue weighted by Gasteiger charge is -2.21. The van der Waals surface area contributed by atoms with E-state index in [2.05, 4.69) is 50.2 Å². The molecule has 0 radical (unpaired) electrons. The van der Waals surface area contributed by atoms with Gasteiger partial charge in [0.1, 0.15) is 0 Å². The fraction of sp³-hybridized carbons (Fsp3) is 0.696. The number of benzene rings is 1. The van der Waals surface area contributed by atoms with Gasteiger partial charge in [0.05, 0.1) is 20.3 Å². The molecule has 0 aliphatic rings. The molecule has 0 spiro atoms. The first-order valence-electron chi connectivity index (χ1n) is 11.1. The molecule has 1 aromatic carbocycles. The van der Waals surface area contributed by atoms with Crippen LogP contribution in [-0.4, -0.2) is 56.8 Å². The van der Waals surface area contributed by atoms with E-state index in [4.69, 9.17) is 14.5 Å². The average Bonchev–Trinajstić information content (AvgIpc) is 2.74. The summed E-state index contributed by atoms with van der Waals surface area (Å²) in [4.78, 5) is 7.22. The first kappa shape index (κ1) is 25.1. The Labute approximate surface area is 178 Å². The number of methoxy groups -OCH3 is 1. The second-order valence-electron chi connectivity index (χ2n) is 7.24. The van der Waals surface area contributed by atoms with Crippen molar-refractivity contribution >= 4 is 5.96 Å². The number of ether oxygens (including phenoxy) is 2. The third-order valence-electron chi connectivity index (χ3n) is 4.84. The van der Waals surface area contributed by atoms with Crippen LogP contribution in [0.3, 0.4) is 0 Å². The Kier molecular flexibility index (Phi) is 12.9. The predicted octanol–water partition coefficient (Wildman–Crippen LogP) is 4.05. The number of guanidine groups is 1. The third-order valence-corrected chi connectivity index (χ3v) is 4.84. The predicted molar refractivity (Wildman–Crippen MR) is 123 cm³/mol. The maximum Gasteiger partial charge on any atom is 0.191 e. The van der Waals surface area contributed by atoms with Gasteiger partial charge in [0.15, 0.2) is 17.5 Å². The highest BCUT2D eigenvalue weighted by atomic mass is 16.5. The van der Waals surface area contributed by atoms with Gasteiger partial charge in [0, 0.05) is 12.6 Å². The van der Waals surface area contributed by atoms with Gasteiger partial charge in [0.2, 0.25) is 0 Å². The van der Waals surface area contributed by atoms with E-state index in [1.54, 1.807) is 7.11 Å². The van der Waals surface area contributed by atoms with Crippen LogP contribution in [0.5, 0.6) is 11.5 Å². The molecule has 0 saturated heterocycles. The maximum atomic E-state index is 5.73. The van der Waals surface area contributed by atoms with Crippen molar-refractivity contribution in [3.8, 4) is 11.5 Å². The van der Waals surface area contributed by atoms with Gasteiger partial charge in [-0.3, -0.25) is 0 Å². The molecule has 1 atom stereocenters. The SMILES string of the molecule is CCCOc1ccc(CN=C(NCC)NC(C)CCCN(CC)CC)cc1OC. The molecular weight excluding hydrogens is 364 g/mol. The lowest BCUT2D eigenvalue weighted by Crippen LogP contribution is -2.42. The first-order chi connectivity index (χ1) is 14.1. The van der Waals surface area contributed by atoms with Crippen LogP contribution in [0.1, 0.15) is 59.4 Å². The van der Waals surface area contributed by atoms with Gasteiger partial charge in [-0.2, -0.15) is 0 Å². The van der Waals surface area contributed by atoms with Gasteiger partial charge < -0.3 is 25.0 Å². The van der Waals surface area contributed by atoms with E-state index in [1.807, 2.05) is 18.2 Å². The lowest BCUT2D eigenvalue weighted by molar-refractivity contribution is 0.292. The molecule has 6 nitrogen and oxygen atoms in total. The van der Waals surface area contributed by atoms with E-state index >= 15 is 0 Å². The van der Waals surface area contributed by atoms with Crippen LogP contribution >= 0.6 is 0 Å². The van der Waals surface area contributed by atoms with Crippen LogP contribution in [0, 0.1) is 0 Å². The van der Waals surface area contributed by atoms with Crippen molar-refractivity contribution in [2.45, 2.75) is 66.5 Å². The van der Waals surface area contributed by atoms with E-state index < -0.39 is 0 Å². The summed E-state index contributed by atoms with van der Waals surface area (Å²) >= 11 is 0. The summed E-state index contributed by atoms with van der Waals surface area (Å²) in [7, 11) is 1.67. The number of nitrogens with one attached hydrogen (secondary N) is 2. The largest absolute Gasteiger partial charge is 0.493 e. The molecular formula is C23H42N4O2. The number of hydrogen-bond acceptors (Lipinski definition) is 4. The molecule has 0 aliphatic carbocycles. The molecule has 2 N–H and O–H groups in total. The van der Waals surface area contributed by atoms with Gasteiger partial charge in [-0.05, 0) is 70.4 Å². The molecule has 0 aliphatic heterocycles. The third kappa shape index (κ3) is 9.88. The summed E-state index contributed by atoms with van der Waals surface area (Å²) in [5.41, 5.74) is 1.09. The topological polar surface area (TPSA) is 58.1 Å². The van der Waals surface area contributed by atoms with Crippen LogP contribution in [-0.2, 0) is 6.54 Å². The van der Waals surface area contributed by atoms with E-state index in [9.17, 15) is 0 Å². The Hall–Kier alpha value is -1.95. The van der Waals surface area contributed by atoms with E-state index in [0.29, 0.717) is 19.2 Å². The second-order valence-corrected chi connectivity index (χ2v) is 7.24. The highest BCUT2D eigenvalue weighted by Gasteiger charge is 2.08. The highest BCUT2D eigenvalue weighted by molar-refractivity contribution is 5.80. The zero-order valence-electron chi connectivity index (χ0n) is 19.4. The number of nitrogens with zero attached hydrogens (tertiary/aromatic N) is 2. The van der Waals surface area contributed by atoms with Gasteiger partial charge >= 0.3 is 0 Å². The Morgan fingerprint density at radius 3 is 2.52 bits per heavy atom. The van der Waals surface area contributed by atoms with Crippen molar-refractivity contribution in [3.63, 3.8) is 0 Å². The van der Waals surface area contributed by atoms with Crippen molar-refractivity contribution in [1.29, 1.82) is 0 Å². The zero-order valence-corrected chi connectivity index (χ0v) is 19.4. The summed E-state index contributed by atoms with van der Waals surface area (Å²) in [6, 6.07) is 6.40. The first-order valence-corrected chi connectivity index (χ1v) is 11.1. The fourth-order valence-corrected chi connectivity index (χ4v) is 3.10. The van der Waals surface area contributed by atoms with Crippen LogP contribution in [0.25, 0.3) is 0 Å². The van der Waals surface area contributed by atoms with E-state index in [1.165, 1.54) is 6.42 Å². The summed E-state index contributed by atoms with van der Waals surface area (Å²) in [5, 5.41) is 6.88. The molecule has 0 bridgehead atoms. The van der Waals surface area contributed by atoms with Gasteiger partial charge in [-0.25, -0.2) is 4.99 Å². The number of hydrogen-bond donors (Lipinski definition) is 2.